The fourth-order valence-electron chi connectivity index (χ4n) is 5.57. The van der Waals surface area contributed by atoms with Gasteiger partial charge in [0.25, 0.3) is 0 Å². The van der Waals surface area contributed by atoms with Crippen LogP contribution >= 0.6 is 0 Å². The molecule has 0 unspecified atom stereocenters. The molecule has 5 rings (SSSR count). The highest BCUT2D eigenvalue weighted by Crippen LogP contribution is 2.63. The van der Waals surface area contributed by atoms with E-state index in [1.54, 1.807) is 30.4 Å². The van der Waals surface area contributed by atoms with Crippen LogP contribution in [0.25, 0.3) is 0 Å². The minimum atomic E-state index is 0.589. The first kappa shape index (κ1) is 9.50. The van der Waals surface area contributed by atoms with E-state index in [1.165, 1.54) is 19.3 Å². The van der Waals surface area contributed by atoms with Gasteiger partial charge in [-0.25, -0.2) is 0 Å². The molecule has 16 heavy (non-hydrogen) atoms. The molecule has 0 aromatic heterocycles. The van der Waals surface area contributed by atoms with Gasteiger partial charge in [0.2, 0.25) is 0 Å². The second-order valence-electron chi connectivity index (χ2n) is 6.84. The first-order valence-electron chi connectivity index (χ1n) is 7.04. The lowest BCUT2D eigenvalue weighted by Gasteiger charge is -2.57. The molecule has 0 spiro atoms. The monoisotopic (exact) mass is 213 g/mol. The van der Waals surface area contributed by atoms with Crippen LogP contribution in [0.5, 0.6) is 0 Å². The third-order valence-corrected chi connectivity index (χ3v) is 5.65. The van der Waals surface area contributed by atoms with Crippen molar-refractivity contribution in [1.82, 2.24) is 0 Å². The quantitative estimate of drug-likeness (QED) is 0.610. The number of hydrogen-bond acceptors (Lipinski definition) is 0. The average Bonchev–Trinajstić information content (AvgIpc) is 2.62. The molecular formula is C16H21. The summed E-state index contributed by atoms with van der Waals surface area (Å²) in [7, 11) is 0. The van der Waals surface area contributed by atoms with Crippen molar-refractivity contribution in [2.45, 2.75) is 51.9 Å². The molecule has 0 saturated heterocycles. The van der Waals surface area contributed by atoms with Crippen molar-refractivity contribution in [3.05, 3.63) is 23.3 Å². The molecular weight excluding hydrogens is 192 g/mol. The molecule has 4 saturated carbocycles. The number of rotatable bonds is 1. The fourth-order valence-corrected chi connectivity index (χ4v) is 5.57. The summed E-state index contributed by atoms with van der Waals surface area (Å²) in [5.41, 5.74) is 3.79. The minimum Gasteiger partial charge on any atom is -0.0769 e. The summed E-state index contributed by atoms with van der Waals surface area (Å²) in [5, 5.41) is 0. The first-order chi connectivity index (χ1) is 7.75. The van der Waals surface area contributed by atoms with E-state index in [1.807, 2.05) is 0 Å². The Hall–Kier alpha value is -0.520. The average molecular weight is 213 g/mol. The Bertz CT molecular complexity index is 348. The van der Waals surface area contributed by atoms with E-state index in [-0.39, 0.29) is 0 Å². The molecule has 85 valence electrons. The molecule has 0 aliphatic heterocycles. The van der Waals surface area contributed by atoms with E-state index in [0.29, 0.717) is 5.41 Å². The van der Waals surface area contributed by atoms with Crippen molar-refractivity contribution in [2.75, 3.05) is 0 Å². The molecule has 4 fully saturated rings. The van der Waals surface area contributed by atoms with Gasteiger partial charge in [0.1, 0.15) is 0 Å². The van der Waals surface area contributed by atoms with Gasteiger partial charge in [-0.2, -0.15) is 0 Å². The SMILES string of the molecule is CC1=CC[C]=C1C12CC3CC(CC(C3)C1)C2. The van der Waals surface area contributed by atoms with Crippen molar-refractivity contribution in [2.24, 2.45) is 23.2 Å². The summed E-state index contributed by atoms with van der Waals surface area (Å²) in [6.45, 7) is 2.31. The second-order valence-corrected chi connectivity index (χ2v) is 6.84. The minimum absolute atomic E-state index is 0.589. The van der Waals surface area contributed by atoms with Crippen molar-refractivity contribution in [3.8, 4) is 0 Å². The van der Waals surface area contributed by atoms with E-state index in [2.05, 4.69) is 19.1 Å². The molecule has 0 heterocycles. The van der Waals surface area contributed by atoms with E-state index < -0.39 is 0 Å². The van der Waals surface area contributed by atoms with Crippen LogP contribution in [-0.2, 0) is 0 Å². The van der Waals surface area contributed by atoms with Gasteiger partial charge in [0, 0.05) is 0 Å². The smallest absolute Gasteiger partial charge is 0.00336 e. The lowest BCUT2D eigenvalue weighted by molar-refractivity contribution is -0.0293. The van der Waals surface area contributed by atoms with E-state index >= 15 is 0 Å². The van der Waals surface area contributed by atoms with Crippen LogP contribution in [0.4, 0.5) is 0 Å². The van der Waals surface area contributed by atoms with E-state index in [0.717, 1.165) is 24.2 Å². The van der Waals surface area contributed by atoms with Crippen LogP contribution in [0, 0.1) is 29.2 Å². The van der Waals surface area contributed by atoms with Gasteiger partial charge in [-0.1, -0.05) is 11.6 Å². The zero-order valence-electron chi connectivity index (χ0n) is 10.3. The molecule has 1 radical (unpaired) electrons. The Morgan fingerprint density at radius 3 is 2.06 bits per heavy atom. The Labute approximate surface area is 98.8 Å². The van der Waals surface area contributed by atoms with Crippen LogP contribution in [-0.4, -0.2) is 0 Å². The highest BCUT2D eigenvalue weighted by Gasteiger charge is 2.52. The number of hydrogen-bond donors (Lipinski definition) is 0. The lowest BCUT2D eigenvalue weighted by Crippen LogP contribution is -2.46. The van der Waals surface area contributed by atoms with E-state index in [4.69, 9.17) is 0 Å². The predicted molar refractivity (Wildman–Crippen MR) is 65.7 cm³/mol. The molecule has 5 aliphatic carbocycles. The Morgan fingerprint density at radius 2 is 1.62 bits per heavy atom. The van der Waals surface area contributed by atoms with Crippen LogP contribution in [0.3, 0.4) is 0 Å². The summed E-state index contributed by atoms with van der Waals surface area (Å²) in [5.74, 6) is 3.19. The van der Waals surface area contributed by atoms with Gasteiger partial charge in [-0.15, -0.1) is 0 Å². The van der Waals surface area contributed by atoms with Crippen molar-refractivity contribution in [3.63, 3.8) is 0 Å². The predicted octanol–water partition coefficient (Wildman–Crippen LogP) is 4.28. The summed E-state index contributed by atoms with van der Waals surface area (Å²) < 4.78 is 0. The van der Waals surface area contributed by atoms with E-state index in [9.17, 15) is 0 Å². The van der Waals surface area contributed by atoms with Gasteiger partial charge in [-0.05, 0) is 86.7 Å². The highest BCUT2D eigenvalue weighted by atomic mass is 14.6. The van der Waals surface area contributed by atoms with Gasteiger partial charge < -0.3 is 0 Å². The maximum atomic E-state index is 3.69. The molecule has 0 aromatic carbocycles. The molecule has 0 atom stereocenters. The third kappa shape index (κ3) is 1.16. The lowest BCUT2D eigenvalue weighted by atomic mass is 9.47. The van der Waals surface area contributed by atoms with Crippen LogP contribution in [0.2, 0.25) is 0 Å². The summed E-state index contributed by atoms with van der Waals surface area (Å²) in [6.07, 6.45) is 16.3. The van der Waals surface area contributed by atoms with Crippen molar-refractivity contribution < 1.29 is 0 Å². The zero-order chi connectivity index (χ0) is 10.8. The second kappa shape index (κ2) is 3.03. The first-order valence-corrected chi connectivity index (χ1v) is 7.04. The molecule has 4 bridgehead atoms. The largest absolute Gasteiger partial charge is 0.0769 e. The van der Waals surface area contributed by atoms with Crippen LogP contribution in [0.15, 0.2) is 17.2 Å². The maximum absolute atomic E-state index is 3.69. The number of allylic oxidation sites excluding steroid dienone is 4. The van der Waals surface area contributed by atoms with Crippen LogP contribution < -0.4 is 0 Å². The van der Waals surface area contributed by atoms with Crippen molar-refractivity contribution in [1.29, 1.82) is 0 Å². The standard InChI is InChI=1S/C16H21/c1-11-3-2-4-15(11)16-8-12-5-13(9-16)7-14(6-12)10-16/h3,12-14H,2,5-10H2,1H3. The molecule has 0 amide bonds. The summed E-state index contributed by atoms with van der Waals surface area (Å²) in [4.78, 5) is 0. The molecule has 5 aliphatic rings. The molecule has 0 aromatic rings. The molecule has 0 N–H and O–H groups in total. The van der Waals surface area contributed by atoms with Crippen molar-refractivity contribution >= 4 is 0 Å². The van der Waals surface area contributed by atoms with Gasteiger partial charge in [0.15, 0.2) is 0 Å². The van der Waals surface area contributed by atoms with Gasteiger partial charge in [-0.3, -0.25) is 0 Å². The zero-order valence-corrected chi connectivity index (χ0v) is 10.3. The maximum Gasteiger partial charge on any atom is -0.00336 e. The highest BCUT2D eigenvalue weighted by molar-refractivity contribution is 5.39. The van der Waals surface area contributed by atoms with Gasteiger partial charge >= 0.3 is 0 Å². The molecule has 0 nitrogen and oxygen atoms in total. The fraction of sp³-hybridized carbons (Fsp3) is 0.750. The van der Waals surface area contributed by atoms with Crippen LogP contribution in [0.1, 0.15) is 51.9 Å². The Balaban J connectivity index is 1.74. The van der Waals surface area contributed by atoms with Gasteiger partial charge in [0.05, 0.1) is 0 Å². The Morgan fingerprint density at radius 1 is 1.06 bits per heavy atom. The topological polar surface area (TPSA) is 0 Å². The summed E-state index contributed by atoms with van der Waals surface area (Å²) in [6, 6.07) is 0. The molecule has 0 heteroatoms. The summed E-state index contributed by atoms with van der Waals surface area (Å²) >= 11 is 0. The Kier molecular flexibility index (Phi) is 1.80. The normalized spacial score (nSPS) is 49.4. The third-order valence-electron chi connectivity index (χ3n) is 5.65.